The van der Waals surface area contributed by atoms with Gasteiger partial charge in [-0.25, -0.2) is 4.79 Å². The molecule has 1 aromatic carbocycles. The van der Waals surface area contributed by atoms with Crippen molar-refractivity contribution < 1.29 is 28.2 Å². The molecule has 2 N–H and O–H groups in total. The van der Waals surface area contributed by atoms with Gasteiger partial charge in [0, 0.05) is 13.2 Å². The van der Waals surface area contributed by atoms with Crippen LogP contribution in [0.15, 0.2) is 30.5 Å². The van der Waals surface area contributed by atoms with Crippen LogP contribution >= 0.6 is 0 Å². The maximum Gasteiger partial charge on any atom is 0.387 e. The van der Waals surface area contributed by atoms with E-state index in [1.807, 2.05) is 0 Å². The molecule has 0 saturated carbocycles. The molecule has 116 valence electrons. The Hall–Kier alpha value is -2.97. The van der Waals surface area contributed by atoms with Gasteiger partial charge in [-0.3, -0.25) is 9.48 Å². The van der Waals surface area contributed by atoms with Crippen LogP contribution in [0.3, 0.4) is 0 Å². The number of carboxylic acid groups (broad SMARTS) is 1. The van der Waals surface area contributed by atoms with Crippen molar-refractivity contribution in [2.45, 2.75) is 6.61 Å². The Kier molecular flexibility index (Phi) is 4.35. The van der Waals surface area contributed by atoms with E-state index in [9.17, 15) is 18.4 Å². The average Bonchev–Trinajstić information content (AvgIpc) is 2.83. The third-order valence-corrected chi connectivity index (χ3v) is 2.63. The molecule has 0 atom stereocenters. The molecule has 22 heavy (non-hydrogen) atoms. The minimum Gasteiger partial charge on any atom is -0.478 e. The van der Waals surface area contributed by atoms with Crippen LogP contribution in [-0.2, 0) is 7.05 Å². The summed E-state index contributed by atoms with van der Waals surface area (Å²) in [6, 6.07) is 5.55. The number of aromatic nitrogens is 2. The van der Waals surface area contributed by atoms with Crippen LogP contribution in [0.5, 0.6) is 5.75 Å². The van der Waals surface area contributed by atoms with E-state index in [0.717, 1.165) is 0 Å². The maximum absolute atomic E-state index is 12.3. The van der Waals surface area contributed by atoms with Crippen molar-refractivity contribution in [1.29, 1.82) is 0 Å². The minimum atomic E-state index is -3.05. The van der Waals surface area contributed by atoms with Crippen LogP contribution < -0.4 is 10.1 Å². The lowest BCUT2D eigenvalue weighted by atomic mass is 10.2. The molecule has 2 aromatic rings. The molecule has 1 amide bonds. The van der Waals surface area contributed by atoms with Crippen LogP contribution in [0.2, 0.25) is 0 Å². The molecule has 0 aliphatic heterocycles. The Bertz CT molecular complexity index is 715. The van der Waals surface area contributed by atoms with Gasteiger partial charge < -0.3 is 15.2 Å². The zero-order valence-corrected chi connectivity index (χ0v) is 11.3. The van der Waals surface area contributed by atoms with Crippen molar-refractivity contribution >= 4 is 17.6 Å². The molecule has 0 bridgehead atoms. The molecule has 0 saturated heterocycles. The van der Waals surface area contributed by atoms with E-state index in [0.29, 0.717) is 0 Å². The second kappa shape index (κ2) is 6.20. The molecule has 0 radical (unpaired) electrons. The number of nitrogens with zero attached hydrogens (tertiary/aromatic N) is 2. The van der Waals surface area contributed by atoms with E-state index >= 15 is 0 Å². The van der Waals surface area contributed by atoms with E-state index in [-0.39, 0.29) is 22.7 Å². The lowest BCUT2D eigenvalue weighted by Crippen LogP contribution is -2.17. The number of anilines is 1. The summed E-state index contributed by atoms with van der Waals surface area (Å²) in [4.78, 5) is 23.1. The summed E-state index contributed by atoms with van der Waals surface area (Å²) >= 11 is 0. The predicted molar refractivity (Wildman–Crippen MR) is 71.2 cm³/mol. The SMILES string of the molecule is Cn1cc(C(=O)O)c(C(=O)Nc2ccccc2OC(F)F)n1. The van der Waals surface area contributed by atoms with Crippen molar-refractivity contribution in [3.05, 3.63) is 41.7 Å². The number of hydrogen-bond donors (Lipinski definition) is 2. The van der Waals surface area contributed by atoms with Gasteiger partial charge in [-0.2, -0.15) is 13.9 Å². The van der Waals surface area contributed by atoms with Crippen molar-refractivity contribution in [2.75, 3.05) is 5.32 Å². The maximum atomic E-state index is 12.3. The van der Waals surface area contributed by atoms with E-state index in [4.69, 9.17) is 5.11 Å². The molecule has 1 heterocycles. The van der Waals surface area contributed by atoms with Gasteiger partial charge in [-0.1, -0.05) is 12.1 Å². The molecule has 1 aromatic heterocycles. The highest BCUT2D eigenvalue weighted by atomic mass is 19.3. The molecular formula is C13H11F2N3O4. The van der Waals surface area contributed by atoms with Gasteiger partial charge in [-0.15, -0.1) is 0 Å². The number of aryl methyl sites for hydroxylation is 1. The first-order valence-corrected chi connectivity index (χ1v) is 6.00. The fourth-order valence-corrected chi connectivity index (χ4v) is 1.76. The van der Waals surface area contributed by atoms with Gasteiger partial charge in [0.15, 0.2) is 5.69 Å². The number of aromatic carboxylic acids is 1. The largest absolute Gasteiger partial charge is 0.478 e. The Morgan fingerprint density at radius 2 is 2.05 bits per heavy atom. The summed E-state index contributed by atoms with van der Waals surface area (Å²) < 4.78 is 30.1. The third-order valence-electron chi connectivity index (χ3n) is 2.63. The Balaban J connectivity index is 2.28. The summed E-state index contributed by atoms with van der Waals surface area (Å²) in [6.45, 7) is -3.05. The number of carbonyl (C=O) groups excluding carboxylic acids is 1. The van der Waals surface area contributed by atoms with Gasteiger partial charge in [0.2, 0.25) is 0 Å². The van der Waals surface area contributed by atoms with E-state index in [1.165, 1.54) is 42.2 Å². The third kappa shape index (κ3) is 3.37. The minimum absolute atomic E-state index is 0.0187. The molecular weight excluding hydrogens is 300 g/mol. The zero-order valence-electron chi connectivity index (χ0n) is 11.3. The number of amides is 1. The monoisotopic (exact) mass is 311 g/mol. The molecule has 0 aliphatic carbocycles. The number of para-hydroxylation sites is 2. The van der Waals surface area contributed by atoms with Crippen LogP contribution in [0.25, 0.3) is 0 Å². The van der Waals surface area contributed by atoms with Crippen molar-refractivity contribution in [3.63, 3.8) is 0 Å². The first-order chi connectivity index (χ1) is 10.4. The second-order valence-corrected chi connectivity index (χ2v) is 4.20. The van der Waals surface area contributed by atoms with Crippen LogP contribution in [-0.4, -0.2) is 33.4 Å². The lowest BCUT2D eigenvalue weighted by Gasteiger charge is -2.11. The average molecular weight is 311 g/mol. The lowest BCUT2D eigenvalue weighted by molar-refractivity contribution is -0.0493. The highest BCUT2D eigenvalue weighted by Crippen LogP contribution is 2.26. The fraction of sp³-hybridized carbons (Fsp3) is 0.154. The number of carboxylic acids is 1. The number of rotatable bonds is 5. The quantitative estimate of drug-likeness (QED) is 0.880. The molecule has 0 fully saturated rings. The van der Waals surface area contributed by atoms with Gasteiger partial charge in [-0.05, 0) is 12.1 Å². The fourth-order valence-electron chi connectivity index (χ4n) is 1.76. The molecule has 9 heteroatoms. The number of carbonyl (C=O) groups is 2. The summed E-state index contributed by atoms with van der Waals surface area (Å²) in [7, 11) is 1.46. The number of alkyl halides is 2. The zero-order chi connectivity index (χ0) is 16.3. The number of hydrogen-bond acceptors (Lipinski definition) is 4. The van der Waals surface area contributed by atoms with Gasteiger partial charge in [0.25, 0.3) is 5.91 Å². The second-order valence-electron chi connectivity index (χ2n) is 4.20. The van der Waals surface area contributed by atoms with E-state index < -0.39 is 18.5 Å². The number of ether oxygens (including phenoxy) is 1. The van der Waals surface area contributed by atoms with Crippen LogP contribution in [0.1, 0.15) is 20.8 Å². The summed E-state index contributed by atoms with van der Waals surface area (Å²) in [5.74, 6) is -2.41. The first kappa shape index (κ1) is 15.4. The number of halogens is 2. The number of nitrogens with one attached hydrogen (secondary N) is 1. The highest BCUT2D eigenvalue weighted by Gasteiger charge is 2.22. The smallest absolute Gasteiger partial charge is 0.387 e. The highest BCUT2D eigenvalue weighted by molar-refractivity contribution is 6.09. The first-order valence-electron chi connectivity index (χ1n) is 6.00. The topological polar surface area (TPSA) is 93.5 Å². The summed E-state index contributed by atoms with van der Waals surface area (Å²) in [5, 5.41) is 15.1. The van der Waals surface area contributed by atoms with Crippen molar-refractivity contribution in [3.8, 4) is 5.75 Å². The van der Waals surface area contributed by atoms with Crippen molar-refractivity contribution in [1.82, 2.24) is 9.78 Å². The van der Waals surface area contributed by atoms with Crippen LogP contribution in [0.4, 0.5) is 14.5 Å². The molecule has 7 nitrogen and oxygen atoms in total. The van der Waals surface area contributed by atoms with Gasteiger partial charge >= 0.3 is 12.6 Å². The van der Waals surface area contributed by atoms with E-state index in [2.05, 4.69) is 15.2 Å². The number of benzene rings is 1. The molecule has 0 aliphatic rings. The summed E-state index contributed by atoms with van der Waals surface area (Å²) in [6.07, 6.45) is 1.17. The molecule has 2 rings (SSSR count). The summed E-state index contributed by atoms with van der Waals surface area (Å²) in [5.41, 5.74) is -0.649. The predicted octanol–water partition coefficient (Wildman–Crippen LogP) is 1.97. The standard InChI is InChI=1S/C13H11F2N3O4/c1-18-6-7(12(20)21)10(17-18)11(19)16-8-4-2-3-5-9(8)22-13(14)15/h2-6,13H,1H3,(H,16,19)(H,20,21). The Morgan fingerprint density at radius 1 is 1.36 bits per heavy atom. The van der Waals surface area contributed by atoms with Gasteiger partial charge in [0.05, 0.1) is 5.69 Å². The molecule has 0 spiro atoms. The Labute approximate surface area is 123 Å². The molecule has 0 unspecified atom stereocenters. The van der Waals surface area contributed by atoms with E-state index in [1.54, 1.807) is 0 Å². The Morgan fingerprint density at radius 3 is 2.68 bits per heavy atom. The van der Waals surface area contributed by atoms with Crippen LogP contribution in [0, 0.1) is 0 Å². The normalized spacial score (nSPS) is 10.5. The van der Waals surface area contributed by atoms with Crippen molar-refractivity contribution in [2.24, 2.45) is 7.05 Å². The van der Waals surface area contributed by atoms with Gasteiger partial charge in [0.1, 0.15) is 11.3 Å².